The molecule has 0 aliphatic carbocycles. The molecule has 6 nitrogen and oxygen atoms in total. The number of nitrogens with zero attached hydrogens (tertiary/aromatic N) is 2. The second-order valence-electron chi connectivity index (χ2n) is 6.60. The van der Waals surface area contributed by atoms with Crippen molar-refractivity contribution in [2.45, 2.75) is 39.7 Å². The topological polar surface area (TPSA) is 68.8 Å². The molecule has 9 heteroatoms. The van der Waals surface area contributed by atoms with Crippen molar-refractivity contribution in [3.8, 4) is 0 Å². The zero-order valence-corrected chi connectivity index (χ0v) is 21.6. The Morgan fingerprint density at radius 3 is 2.38 bits per heavy atom. The van der Waals surface area contributed by atoms with Crippen LogP contribution in [0.2, 0.25) is 10.0 Å². The lowest BCUT2D eigenvalue weighted by atomic mass is 10.2. The number of hydrogen-bond donors (Lipinski definition) is 3. The molecule has 3 N–H and O–H groups in total. The number of carbonyl (C=O) groups is 1. The van der Waals surface area contributed by atoms with E-state index in [9.17, 15) is 4.79 Å². The lowest BCUT2D eigenvalue weighted by molar-refractivity contribution is 0.0954. The van der Waals surface area contributed by atoms with Crippen molar-refractivity contribution in [1.29, 1.82) is 0 Å². The zero-order valence-electron chi connectivity index (χ0n) is 17.7. The average molecular weight is 558 g/mol. The molecule has 1 unspecified atom stereocenters. The summed E-state index contributed by atoms with van der Waals surface area (Å²) in [4.78, 5) is 18.8. The van der Waals surface area contributed by atoms with E-state index < -0.39 is 0 Å². The SMILES string of the molecule is CCN(CC)CCCC(C)NC(=NC)NCCNC(=O)c1ccc(Cl)c(Cl)c1.I. The molecule has 1 aromatic rings. The van der Waals surface area contributed by atoms with Gasteiger partial charge in [0.05, 0.1) is 10.0 Å². The van der Waals surface area contributed by atoms with Crippen LogP contribution in [0.4, 0.5) is 0 Å². The summed E-state index contributed by atoms with van der Waals surface area (Å²) >= 11 is 11.8. The van der Waals surface area contributed by atoms with Gasteiger partial charge < -0.3 is 20.9 Å². The van der Waals surface area contributed by atoms with E-state index in [1.165, 1.54) is 0 Å². The van der Waals surface area contributed by atoms with Gasteiger partial charge in [-0.15, -0.1) is 24.0 Å². The van der Waals surface area contributed by atoms with Gasteiger partial charge in [0, 0.05) is 31.7 Å². The number of amides is 1. The second-order valence-corrected chi connectivity index (χ2v) is 7.41. The Bertz CT molecular complexity index is 641. The fourth-order valence-corrected chi connectivity index (χ4v) is 3.06. The Labute approximate surface area is 202 Å². The quantitative estimate of drug-likeness (QED) is 0.166. The molecule has 1 amide bonds. The summed E-state index contributed by atoms with van der Waals surface area (Å²) in [6, 6.07) is 5.15. The first kappa shape index (κ1) is 28.2. The Balaban J connectivity index is 0.00000784. The van der Waals surface area contributed by atoms with Crippen LogP contribution in [0.5, 0.6) is 0 Å². The molecule has 166 valence electrons. The molecular formula is C20H34Cl2IN5O. The zero-order chi connectivity index (χ0) is 20.9. The fraction of sp³-hybridized carbons (Fsp3) is 0.600. The summed E-state index contributed by atoms with van der Waals surface area (Å²) in [6.45, 7) is 10.9. The Hall–Kier alpha value is -0.770. The van der Waals surface area contributed by atoms with Crippen molar-refractivity contribution in [3.05, 3.63) is 33.8 Å². The molecule has 0 aliphatic rings. The number of aliphatic imine (C=N–C) groups is 1. The van der Waals surface area contributed by atoms with E-state index >= 15 is 0 Å². The normalized spacial score (nSPS) is 12.3. The standard InChI is InChI=1S/C20H33Cl2N5O.HI/c1-5-27(6-2)13-7-8-15(3)26-20(23-4)25-12-11-24-19(28)16-9-10-17(21)18(22)14-16;/h9-10,14-15H,5-8,11-13H2,1-4H3,(H,24,28)(H2,23,25,26);1H. The van der Waals surface area contributed by atoms with Gasteiger partial charge in [0.2, 0.25) is 0 Å². The fourth-order valence-electron chi connectivity index (χ4n) is 2.76. The molecule has 0 saturated carbocycles. The number of benzene rings is 1. The Morgan fingerprint density at radius 1 is 1.14 bits per heavy atom. The number of hydrogen-bond acceptors (Lipinski definition) is 3. The third-order valence-corrected chi connectivity index (χ3v) is 5.24. The highest BCUT2D eigenvalue weighted by molar-refractivity contribution is 14.0. The van der Waals surface area contributed by atoms with E-state index in [0.717, 1.165) is 38.4 Å². The molecule has 0 spiro atoms. The third-order valence-electron chi connectivity index (χ3n) is 4.50. The maximum atomic E-state index is 12.1. The van der Waals surface area contributed by atoms with Gasteiger partial charge in [-0.25, -0.2) is 0 Å². The summed E-state index contributed by atoms with van der Waals surface area (Å²) in [5.74, 6) is 0.548. The van der Waals surface area contributed by atoms with Crippen LogP contribution >= 0.6 is 47.2 Å². The summed E-state index contributed by atoms with van der Waals surface area (Å²) in [6.07, 6.45) is 2.22. The van der Waals surface area contributed by atoms with Gasteiger partial charge in [-0.1, -0.05) is 37.0 Å². The molecule has 0 saturated heterocycles. The number of guanidine groups is 1. The van der Waals surface area contributed by atoms with E-state index in [-0.39, 0.29) is 29.9 Å². The van der Waals surface area contributed by atoms with Gasteiger partial charge in [0.1, 0.15) is 0 Å². The summed E-state index contributed by atoms with van der Waals surface area (Å²) in [5, 5.41) is 10.2. The van der Waals surface area contributed by atoms with Crippen LogP contribution in [0.25, 0.3) is 0 Å². The molecule has 1 atom stereocenters. The highest BCUT2D eigenvalue weighted by Gasteiger charge is 2.09. The van der Waals surface area contributed by atoms with Crippen molar-refractivity contribution >= 4 is 59.0 Å². The predicted molar refractivity (Wildman–Crippen MR) is 135 cm³/mol. The van der Waals surface area contributed by atoms with Crippen LogP contribution < -0.4 is 16.0 Å². The first-order chi connectivity index (χ1) is 13.4. The lowest BCUT2D eigenvalue weighted by Crippen LogP contribution is -2.45. The summed E-state index contributed by atoms with van der Waals surface area (Å²) in [5.41, 5.74) is 0.485. The minimum absolute atomic E-state index is 0. The monoisotopic (exact) mass is 557 g/mol. The molecular weight excluding hydrogens is 524 g/mol. The number of carbonyl (C=O) groups excluding carboxylic acids is 1. The highest BCUT2D eigenvalue weighted by atomic mass is 127. The molecule has 0 radical (unpaired) electrons. The van der Waals surface area contributed by atoms with E-state index in [4.69, 9.17) is 23.2 Å². The molecule has 0 bridgehead atoms. The highest BCUT2D eigenvalue weighted by Crippen LogP contribution is 2.22. The Morgan fingerprint density at radius 2 is 1.79 bits per heavy atom. The Kier molecular flexibility index (Phi) is 15.6. The van der Waals surface area contributed by atoms with Crippen molar-refractivity contribution in [2.75, 3.05) is 39.8 Å². The van der Waals surface area contributed by atoms with E-state index in [1.54, 1.807) is 25.2 Å². The molecule has 1 aromatic carbocycles. The van der Waals surface area contributed by atoms with Gasteiger partial charge in [0.15, 0.2) is 5.96 Å². The smallest absolute Gasteiger partial charge is 0.251 e. The maximum Gasteiger partial charge on any atom is 0.251 e. The second kappa shape index (κ2) is 16.0. The van der Waals surface area contributed by atoms with Crippen LogP contribution in [0.15, 0.2) is 23.2 Å². The molecule has 0 heterocycles. The third kappa shape index (κ3) is 11.3. The molecule has 1 rings (SSSR count). The van der Waals surface area contributed by atoms with Crippen LogP contribution in [0, 0.1) is 0 Å². The predicted octanol–water partition coefficient (Wildman–Crippen LogP) is 4.02. The molecule has 0 fully saturated rings. The average Bonchev–Trinajstić information content (AvgIpc) is 2.69. The van der Waals surface area contributed by atoms with Crippen LogP contribution in [0.3, 0.4) is 0 Å². The van der Waals surface area contributed by atoms with Gasteiger partial charge in [-0.3, -0.25) is 9.79 Å². The molecule has 0 aliphatic heterocycles. The first-order valence-corrected chi connectivity index (χ1v) is 10.6. The van der Waals surface area contributed by atoms with E-state index in [1.807, 2.05) is 0 Å². The van der Waals surface area contributed by atoms with E-state index in [0.29, 0.717) is 34.7 Å². The van der Waals surface area contributed by atoms with Gasteiger partial charge >= 0.3 is 0 Å². The van der Waals surface area contributed by atoms with Crippen LogP contribution in [-0.2, 0) is 0 Å². The largest absolute Gasteiger partial charge is 0.355 e. The first-order valence-electron chi connectivity index (χ1n) is 9.84. The van der Waals surface area contributed by atoms with Crippen molar-refractivity contribution in [3.63, 3.8) is 0 Å². The molecule has 0 aromatic heterocycles. The summed E-state index contributed by atoms with van der Waals surface area (Å²) in [7, 11) is 1.74. The van der Waals surface area contributed by atoms with Crippen LogP contribution in [0.1, 0.15) is 44.0 Å². The van der Waals surface area contributed by atoms with Gasteiger partial charge in [-0.2, -0.15) is 0 Å². The van der Waals surface area contributed by atoms with Crippen LogP contribution in [-0.4, -0.2) is 62.6 Å². The van der Waals surface area contributed by atoms with Crippen molar-refractivity contribution in [1.82, 2.24) is 20.9 Å². The van der Waals surface area contributed by atoms with Crippen molar-refractivity contribution in [2.24, 2.45) is 4.99 Å². The van der Waals surface area contributed by atoms with Crippen molar-refractivity contribution < 1.29 is 4.79 Å². The lowest BCUT2D eigenvalue weighted by Gasteiger charge is -2.21. The molecule has 29 heavy (non-hydrogen) atoms. The number of halogens is 3. The van der Waals surface area contributed by atoms with E-state index in [2.05, 4.69) is 46.6 Å². The number of rotatable bonds is 11. The maximum absolute atomic E-state index is 12.1. The summed E-state index contributed by atoms with van der Waals surface area (Å²) < 4.78 is 0. The number of nitrogens with one attached hydrogen (secondary N) is 3. The van der Waals surface area contributed by atoms with Gasteiger partial charge in [-0.05, 0) is 57.6 Å². The minimum atomic E-state index is -0.187. The minimum Gasteiger partial charge on any atom is -0.355 e. The van der Waals surface area contributed by atoms with Gasteiger partial charge in [0.25, 0.3) is 5.91 Å².